The quantitative estimate of drug-likeness (QED) is 0.548. The average molecular weight is 344 g/mol. The van der Waals surface area contributed by atoms with E-state index in [1.54, 1.807) is 30.6 Å². The van der Waals surface area contributed by atoms with Gasteiger partial charge >= 0.3 is 6.36 Å². The zero-order valence-electron chi connectivity index (χ0n) is 12.9. The Morgan fingerprint density at radius 3 is 2.76 bits per heavy atom. The molecule has 1 aromatic carbocycles. The molecule has 5 nitrogen and oxygen atoms in total. The van der Waals surface area contributed by atoms with Crippen molar-refractivity contribution in [3.05, 3.63) is 54.6 Å². The molecule has 0 amide bonds. The largest absolute Gasteiger partial charge is 0.574 e. The third-order valence-corrected chi connectivity index (χ3v) is 3.71. The fourth-order valence-corrected chi connectivity index (χ4v) is 2.75. The van der Waals surface area contributed by atoms with Crippen LogP contribution in [-0.2, 0) is 0 Å². The number of aryl methyl sites for hydroxylation is 1. The molecule has 0 unspecified atom stereocenters. The van der Waals surface area contributed by atoms with Crippen molar-refractivity contribution in [1.82, 2.24) is 19.6 Å². The van der Waals surface area contributed by atoms with Gasteiger partial charge in [0.25, 0.3) is 5.88 Å². The Kier molecular flexibility index (Phi) is 3.34. The molecule has 0 saturated carbocycles. The molecule has 0 atom stereocenters. The lowest BCUT2D eigenvalue weighted by Crippen LogP contribution is -2.19. The Balaban J connectivity index is 1.94. The van der Waals surface area contributed by atoms with Gasteiger partial charge in [0.2, 0.25) is 0 Å². The number of pyridine rings is 1. The van der Waals surface area contributed by atoms with Gasteiger partial charge in [0, 0.05) is 23.3 Å². The highest BCUT2D eigenvalue weighted by atomic mass is 19.4. The van der Waals surface area contributed by atoms with Crippen LogP contribution >= 0.6 is 0 Å². The van der Waals surface area contributed by atoms with Gasteiger partial charge in [-0.3, -0.25) is 4.98 Å². The summed E-state index contributed by atoms with van der Waals surface area (Å²) >= 11 is 0. The monoisotopic (exact) mass is 344 g/mol. The highest BCUT2D eigenvalue weighted by Gasteiger charge is 2.33. The molecule has 0 saturated heterocycles. The molecular weight excluding hydrogens is 333 g/mol. The first kappa shape index (κ1) is 15.4. The van der Waals surface area contributed by atoms with Crippen LogP contribution in [0, 0.1) is 6.92 Å². The molecule has 0 bridgehead atoms. The van der Waals surface area contributed by atoms with E-state index in [0.29, 0.717) is 5.56 Å². The summed E-state index contributed by atoms with van der Waals surface area (Å²) in [5.74, 6) is -0.345. The number of hydrogen-bond donors (Lipinski definition) is 0. The molecule has 3 aromatic heterocycles. The van der Waals surface area contributed by atoms with Crippen LogP contribution in [0.25, 0.3) is 27.5 Å². The average Bonchev–Trinajstić information content (AvgIpc) is 2.97. The van der Waals surface area contributed by atoms with Gasteiger partial charge in [-0.05, 0) is 36.8 Å². The van der Waals surface area contributed by atoms with E-state index in [1.165, 1.54) is 11.4 Å². The smallest absolute Gasteiger partial charge is 0.385 e. The molecule has 8 heteroatoms. The molecule has 4 rings (SSSR count). The first-order chi connectivity index (χ1) is 11.9. The first-order valence-electron chi connectivity index (χ1n) is 7.38. The van der Waals surface area contributed by atoms with Crippen molar-refractivity contribution < 1.29 is 17.9 Å². The van der Waals surface area contributed by atoms with Gasteiger partial charge < -0.3 is 4.74 Å². The SMILES string of the molecule is Cc1nc(OC(F)(F)F)c2c(-c3ccc4ncccc4c3)ccn2n1. The van der Waals surface area contributed by atoms with E-state index in [9.17, 15) is 13.2 Å². The highest BCUT2D eigenvalue weighted by molar-refractivity contribution is 5.90. The number of aromatic nitrogens is 4. The maximum Gasteiger partial charge on any atom is 0.574 e. The van der Waals surface area contributed by atoms with Crippen LogP contribution in [0.1, 0.15) is 5.82 Å². The van der Waals surface area contributed by atoms with Crippen molar-refractivity contribution in [3.63, 3.8) is 0 Å². The fourth-order valence-electron chi connectivity index (χ4n) is 2.75. The van der Waals surface area contributed by atoms with Crippen LogP contribution < -0.4 is 4.74 Å². The number of rotatable bonds is 2. The lowest BCUT2D eigenvalue weighted by Gasteiger charge is -2.11. The number of hydrogen-bond acceptors (Lipinski definition) is 4. The van der Waals surface area contributed by atoms with Crippen molar-refractivity contribution in [2.45, 2.75) is 13.3 Å². The molecule has 0 radical (unpaired) electrons. The Hall–Kier alpha value is -3.16. The maximum absolute atomic E-state index is 12.7. The molecule has 4 aromatic rings. The van der Waals surface area contributed by atoms with E-state index in [4.69, 9.17) is 0 Å². The normalized spacial score (nSPS) is 12.0. The third-order valence-electron chi connectivity index (χ3n) is 3.71. The second kappa shape index (κ2) is 5.44. The van der Waals surface area contributed by atoms with Crippen molar-refractivity contribution in [2.75, 3.05) is 0 Å². The van der Waals surface area contributed by atoms with Crippen molar-refractivity contribution in [1.29, 1.82) is 0 Å². The molecule has 0 N–H and O–H groups in total. The Morgan fingerprint density at radius 2 is 1.96 bits per heavy atom. The predicted molar refractivity (Wildman–Crippen MR) is 85.1 cm³/mol. The van der Waals surface area contributed by atoms with Gasteiger partial charge in [0.05, 0.1) is 5.52 Å². The summed E-state index contributed by atoms with van der Waals surface area (Å²) in [6.07, 6.45) is -1.58. The highest BCUT2D eigenvalue weighted by Crippen LogP contribution is 2.34. The van der Waals surface area contributed by atoms with Gasteiger partial charge in [0.15, 0.2) is 0 Å². The van der Waals surface area contributed by atoms with E-state index < -0.39 is 12.2 Å². The molecule has 0 aliphatic heterocycles. The number of halogens is 3. The summed E-state index contributed by atoms with van der Waals surface area (Å²) in [6.45, 7) is 1.50. The molecular formula is C17H11F3N4O. The first-order valence-corrected chi connectivity index (χ1v) is 7.38. The minimum Gasteiger partial charge on any atom is -0.385 e. The maximum atomic E-state index is 12.7. The van der Waals surface area contributed by atoms with Crippen molar-refractivity contribution in [3.8, 4) is 17.0 Å². The zero-order valence-corrected chi connectivity index (χ0v) is 12.9. The van der Waals surface area contributed by atoms with Crippen LogP contribution in [0.15, 0.2) is 48.8 Å². The van der Waals surface area contributed by atoms with Crippen LogP contribution in [0.2, 0.25) is 0 Å². The van der Waals surface area contributed by atoms with Gasteiger partial charge in [0.1, 0.15) is 11.3 Å². The van der Waals surface area contributed by atoms with E-state index in [0.717, 1.165) is 16.5 Å². The standard InChI is InChI=1S/C17H11F3N4O/c1-10-22-16(25-17(18,19)20)15-13(6-8-24(15)23-10)11-4-5-14-12(9-11)3-2-7-21-14/h2-9H,1H3. The third kappa shape index (κ3) is 2.86. The van der Waals surface area contributed by atoms with Gasteiger partial charge in [-0.15, -0.1) is 13.2 Å². The zero-order chi connectivity index (χ0) is 17.6. The number of fused-ring (bicyclic) bond motifs is 2. The minimum atomic E-state index is -4.84. The molecule has 0 aliphatic carbocycles. The van der Waals surface area contributed by atoms with Crippen LogP contribution in [-0.4, -0.2) is 25.9 Å². The number of benzene rings is 1. The second-order valence-corrected chi connectivity index (χ2v) is 5.45. The summed E-state index contributed by atoms with van der Waals surface area (Å²) in [6, 6.07) is 10.8. The fraction of sp³-hybridized carbons (Fsp3) is 0.118. The van der Waals surface area contributed by atoms with E-state index in [-0.39, 0.29) is 11.3 Å². The lowest BCUT2D eigenvalue weighted by molar-refractivity contribution is -0.275. The topological polar surface area (TPSA) is 52.3 Å². The predicted octanol–water partition coefficient (Wildman–Crippen LogP) is 4.15. The van der Waals surface area contributed by atoms with Gasteiger partial charge in [-0.2, -0.15) is 10.1 Å². The Morgan fingerprint density at radius 1 is 1.12 bits per heavy atom. The van der Waals surface area contributed by atoms with E-state index >= 15 is 0 Å². The van der Waals surface area contributed by atoms with Crippen molar-refractivity contribution in [2.24, 2.45) is 0 Å². The molecule has 126 valence electrons. The molecule has 0 fully saturated rings. The molecule has 25 heavy (non-hydrogen) atoms. The summed E-state index contributed by atoms with van der Waals surface area (Å²) in [5, 5.41) is 5.00. The Labute approximate surface area is 139 Å². The molecule has 0 spiro atoms. The van der Waals surface area contributed by atoms with Crippen molar-refractivity contribution >= 4 is 16.4 Å². The minimum absolute atomic E-state index is 0.158. The summed E-state index contributed by atoms with van der Waals surface area (Å²) in [4.78, 5) is 8.06. The number of nitrogens with zero attached hydrogens (tertiary/aromatic N) is 4. The van der Waals surface area contributed by atoms with Crippen LogP contribution in [0.3, 0.4) is 0 Å². The van der Waals surface area contributed by atoms with E-state index in [1.807, 2.05) is 18.2 Å². The van der Waals surface area contributed by atoms with Crippen LogP contribution in [0.4, 0.5) is 13.2 Å². The van der Waals surface area contributed by atoms with E-state index in [2.05, 4.69) is 19.8 Å². The van der Waals surface area contributed by atoms with Crippen LogP contribution in [0.5, 0.6) is 5.88 Å². The van der Waals surface area contributed by atoms with Gasteiger partial charge in [-0.1, -0.05) is 12.1 Å². The number of ether oxygens (including phenoxy) is 1. The second-order valence-electron chi connectivity index (χ2n) is 5.45. The molecule has 0 aliphatic rings. The Bertz CT molecular complexity index is 1090. The summed E-state index contributed by atoms with van der Waals surface area (Å²) in [7, 11) is 0. The summed E-state index contributed by atoms with van der Waals surface area (Å²) < 4.78 is 43.7. The van der Waals surface area contributed by atoms with Gasteiger partial charge in [-0.25, -0.2) is 4.52 Å². The summed E-state index contributed by atoms with van der Waals surface area (Å²) in [5.41, 5.74) is 2.23. The number of alkyl halides is 3. The lowest BCUT2D eigenvalue weighted by atomic mass is 10.0. The molecule has 3 heterocycles.